The van der Waals surface area contributed by atoms with E-state index in [1.165, 1.54) is 0 Å². The molecule has 3 aromatic carbocycles. The van der Waals surface area contributed by atoms with Gasteiger partial charge in [0.2, 0.25) is 0 Å². The molecule has 1 aliphatic heterocycles. The molecule has 2 aromatic heterocycles. The summed E-state index contributed by atoms with van der Waals surface area (Å²) >= 11 is 1.61. The summed E-state index contributed by atoms with van der Waals surface area (Å²) in [6, 6.07) is 28.2. The molecule has 7 heteroatoms. The molecule has 0 atom stereocenters. The molecule has 174 valence electrons. The second kappa shape index (κ2) is 9.28. The average Bonchev–Trinajstić information content (AvgIpc) is 2.94. The number of nitrogens with zero attached hydrogens (tertiary/aromatic N) is 3. The number of hydrogen-bond donors (Lipinski definition) is 0. The third-order valence-corrected chi connectivity index (χ3v) is 7.03. The normalized spacial score (nSPS) is 12.1. The number of anilines is 2. The van der Waals surface area contributed by atoms with Gasteiger partial charge in [0.25, 0.3) is 5.91 Å². The molecule has 6 rings (SSSR count). The maximum absolute atomic E-state index is 13.4. The zero-order valence-electron chi connectivity index (χ0n) is 19.0. The summed E-state index contributed by atoms with van der Waals surface area (Å²) in [7, 11) is 0. The van der Waals surface area contributed by atoms with E-state index in [-0.39, 0.29) is 5.91 Å². The fourth-order valence-electron chi connectivity index (χ4n) is 4.25. The van der Waals surface area contributed by atoms with E-state index in [9.17, 15) is 9.59 Å². The number of amides is 1. The van der Waals surface area contributed by atoms with Gasteiger partial charge in [0, 0.05) is 33.1 Å². The Morgan fingerprint density at radius 3 is 2.25 bits per heavy atom. The lowest BCUT2D eigenvalue weighted by Gasteiger charge is -2.30. The maximum Gasteiger partial charge on any atom is 0.339 e. The predicted octanol–water partition coefficient (Wildman–Crippen LogP) is 6.28. The largest absolute Gasteiger partial charge is 0.452 e. The van der Waals surface area contributed by atoms with Crippen LogP contribution < -0.4 is 4.90 Å². The molecule has 1 aliphatic rings. The van der Waals surface area contributed by atoms with Crippen LogP contribution in [0.3, 0.4) is 0 Å². The zero-order valence-corrected chi connectivity index (χ0v) is 19.8. The molecule has 0 fully saturated rings. The minimum Gasteiger partial charge on any atom is -0.452 e. The van der Waals surface area contributed by atoms with Crippen molar-refractivity contribution < 1.29 is 14.3 Å². The van der Waals surface area contributed by atoms with Gasteiger partial charge in [-0.25, -0.2) is 9.78 Å². The highest BCUT2D eigenvalue weighted by atomic mass is 32.2. The summed E-state index contributed by atoms with van der Waals surface area (Å²) in [5, 5.41) is 0.660. The molecule has 6 nitrogen and oxygen atoms in total. The van der Waals surface area contributed by atoms with E-state index in [4.69, 9.17) is 4.74 Å². The van der Waals surface area contributed by atoms with Gasteiger partial charge >= 0.3 is 5.97 Å². The molecule has 36 heavy (non-hydrogen) atoms. The molecule has 0 N–H and O–H groups in total. The summed E-state index contributed by atoms with van der Waals surface area (Å²) in [6.07, 6.45) is 3.37. The molecule has 0 bridgehead atoms. The highest BCUT2D eigenvalue weighted by Crippen LogP contribution is 2.47. The van der Waals surface area contributed by atoms with Crippen molar-refractivity contribution in [2.24, 2.45) is 0 Å². The van der Waals surface area contributed by atoms with Crippen molar-refractivity contribution in [1.82, 2.24) is 9.97 Å². The number of pyridine rings is 2. The lowest BCUT2D eigenvalue weighted by atomic mass is 10.1. The lowest BCUT2D eigenvalue weighted by Crippen LogP contribution is -2.32. The first-order chi connectivity index (χ1) is 17.7. The van der Waals surface area contributed by atoms with Crippen LogP contribution >= 0.6 is 11.8 Å². The number of benzene rings is 3. The van der Waals surface area contributed by atoms with E-state index in [1.807, 2.05) is 84.9 Å². The van der Waals surface area contributed by atoms with Crippen molar-refractivity contribution in [2.45, 2.75) is 9.79 Å². The SMILES string of the molecule is O=C(OCC(=O)N1c2ccccc2Sc2ccccc21)c1cc(-c2cccnc2)nc2ccccc12. The van der Waals surface area contributed by atoms with Gasteiger partial charge in [-0.1, -0.05) is 54.2 Å². The van der Waals surface area contributed by atoms with Crippen LogP contribution in [-0.2, 0) is 9.53 Å². The fraction of sp³-hybridized carbons (Fsp3) is 0.0345. The van der Waals surface area contributed by atoms with Crippen LogP contribution in [-0.4, -0.2) is 28.5 Å². The molecule has 0 saturated heterocycles. The minimum atomic E-state index is -0.583. The second-order valence-corrected chi connectivity index (χ2v) is 9.24. The summed E-state index contributed by atoms with van der Waals surface area (Å²) in [6.45, 7) is -0.398. The molecule has 0 aliphatic carbocycles. The quantitative estimate of drug-likeness (QED) is 0.277. The molecule has 1 amide bonds. The number of carbonyl (C=O) groups is 2. The number of rotatable bonds is 4. The summed E-state index contributed by atoms with van der Waals surface area (Å²) in [4.78, 5) is 39.1. The molecule has 0 radical (unpaired) electrons. The number of para-hydroxylation sites is 3. The molecule has 3 heterocycles. The van der Waals surface area contributed by atoms with Gasteiger partial charge in [0.05, 0.1) is 28.1 Å². The van der Waals surface area contributed by atoms with Crippen molar-refractivity contribution in [3.05, 3.63) is 109 Å². The van der Waals surface area contributed by atoms with Crippen LogP contribution in [0, 0.1) is 0 Å². The van der Waals surface area contributed by atoms with Gasteiger partial charge in [-0.3, -0.25) is 14.7 Å². The Bertz CT molecular complexity index is 1580. The van der Waals surface area contributed by atoms with E-state index >= 15 is 0 Å². The Balaban J connectivity index is 1.31. The first-order valence-corrected chi connectivity index (χ1v) is 12.2. The van der Waals surface area contributed by atoms with Gasteiger partial charge in [0.15, 0.2) is 6.61 Å². The van der Waals surface area contributed by atoms with Crippen molar-refractivity contribution in [1.29, 1.82) is 0 Å². The summed E-state index contributed by atoms with van der Waals surface area (Å²) in [5.74, 6) is -0.908. The molecule has 0 saturated carbocycles. The van der Waals surface area contributed by atoms with Gasteiger partial charge in [-0.15, -0.1) is 0 Å². The predicted molar refractivity (Wildman–Crippen MR) is 139 cm³/mol. The Morgan fingerprint density at radius 1 is 0.833 bits per heavy atom. The van der Waals surface area contributed by atoms with Crippen molar-refractivity contribution >= 4 is 45.9 Å². The topological polar surface area (TPSA) is 72.4 Å². The Morgan fingerprint density at radius 2 is 1.53 bits per heavy atom. The average molecular weight is 490 g/mol. The van der Waals surface area contributed by atoms with Gasteiger partial charge < -0.3 is 4.74 Å². The smallest absolute Gasteiger partial charge is 0.339 e. The van der Waals surface area contributed by atoms with Crippen molar-refractivity contribution in [3.8, 4) is 11.3 Å². The number of carbonyl (C=O) groups excluding carboxylic acids is 2. The highest BCUT2D eigenvalue weighted by Gasteiger charge is 2.28. The first kappa shape index (κ1) is 22.0. The third-order valence-electron chi connectivity index (χ3n) is 5.90. The Kier molecular flexibility index (Phi) is 5.67. The summed E-state index contributed by atoms with van der Waals surface area (Å²) < 4.78 is 5.59. The number of aromatic nitrogens is 2. The molecular formula is C29H19N3O3S. The van der Waals surface area contributed by atoms with Crippen molar-refractivity contribution in [3.63, 3.8) is 0 Å². The van der Waals surface area contributed by atoms with E-state index < -0.39 is 12.6 Å². The van der Waals surface area contributed by atoms with Gasteiger partial charge in [0.1, 0.15) is 0 Å². The molecule has 0 spiro atoms. The minimum absolute atomic E-state index is 0.325. The van der Waals surface area contributed by atoms with Crippen LogP contribution in [0.25, 0.3) is 22.2 Å². The van der Waals surface area contributed by atoms with E-state index in [0.29, 0.717) is 22.2 Å². The van der Waals surface area contributed by atoms with Gasteiger partial charge in [-0.2, -0.15) is 0 Å². The fourth-order valence-corrected chi connectivity index (χ4v) is 5.31. The molecule has 5 aromatic rings. The lowest BCUT2D eigenvalue weighted by molar-refractivity contribution is -0.121. The summed E-state index contributed by atoms with van der Waals surface area (Å²) in [5.41, 5.74) is 3.95. The standard InChI is InChI=1S/C29H19N3O3S/c33-28(32-24-11-3-5-13-26(24)36-27-14-6-4-12-25(27)32)18-35-29(34)21-16-23(19-8-7-15-30-17-19)31-22-10-2-1-9-20(21)22/h1-17H,18H2. The first-order valence-electron chi connectivity index (χ1n) is 11.4. The number of fused-ring (bicyclic) bond motifs is 3. The number of esters is 1. The van der Waals surface area contributed by atoms with Crippen LogP contribution in [0.5, 0.6) is 0 Å². The molecular weight excluding hydrogens is 470 g/mol. The monoisotopic (exact) mass is 489 g/mol. The van der Waals surface area contributed by atoms with Crippen LogP contribution in [0.4, 0.5) is 11.4 Å². The third kappa shape index (κ3) is 3.99. The van der Waals surface area contributed by atoms with E-state index in [0.717, 1.165) is 26.7 Å². The van der Waals surface area contributed by atoms with Crippen LogP contribution in [0.1, 0.15) is 10.4 Å². The second-order valence-electron chi connectivity index (χ2n) is 8.16. The van der Waals surface area contributed by atoms with Crippen molar-refractivity contribution in [2.75, 3.05) is 11.5 Å². The van der Waals surface area contributed by atoms with Crippen LogP contribution in [0.15, 0.2) is 113 Å². The highest BCUT2D eigenvalue weighted by molar-refractivity contribution is 7.99. The Hall–Kier alpha value is -4.49. The molecule has 0 unspecified atom stereocenters. The Labute approximate surface area is 211 Å². The van der Waals surface area contributed by atoms with E-state index in [1.54, 1.807) is 35.1 Å². The maximum atomic E-state index is 13.4. The number of hydrogen-bond acceptors (Lipinski definition) is 6. The zero-order chi connectivity index (χ0) is 24.5. The van der Waals surface area contributed by atoms with E-state index in [2.05, 4.69) is 9.97 Å². The van der Waals surface area contributed by atoms with Gasteiger partial charge in [-0.05, 0) is 48.5 Å². The van der Waals surface area contributed by atoms with Crippen LogP contribution in [0.2, 0.25) is 0 Å². The number of ether oxygens (including phenoxy) is 1.